The number of benzene rings is 1. The predicted octanol–water partition coefficient (Wildman–Crippen LogP) is 2.60. The highest BCUT2D eigenvalue weighted by atomic mass is 35.5. The highest BCUT2D eigenvalue weighted by Gasteiger charge is 2.16. The van der Waals surface area contributed by atoms with Crippen LogP contribution in [0.15, 0.2) is 28.9 Å². The number of rotatable bonds is 3. The molecule has 2 aromatic rings. The Morgan fingerprint density at radius 3 is 2.72 bits per heavy atom. The fourth-order valence-corrected chi connectivity index (χ4v) is 1.54. The number of carboxylic acids is 1. The molecule has 18 heavy (non-hydrogen) atoms. The van der Waals surface area contributed by atoms with Crippen LogP contribution < -0.4 is 0 Å². The van der Waals surface area contributed by atoms with Gasteiger partial charge in [-0.2, -0.15) is 0 Å². The quantitative estimate of drug-likeness (QED) is 0.677. The molecule has 92 valence electrons. The van der Waals surface area contributed by atoms with Gasteiger partial charge in [0.15, 0.2) is 5.69 Å². The van der Waals surface area contributed by atoms with Crippen LogP contribution in [-0.4, -0.2) is 21.0 Å². The summed E-state index contributed by atoms with van der Waals surface area (Å²) in [5, 5.41) is 19.5. The molecule has 0 bridgehead atoms. The van der Waals surface area contributed by atoms with Gasteiger partial charge in [-0.05, 0) is 6.07 Å². The number of nitrogens with zero attached hydrogens (tertiary/aromatic N) is 2. The lowest BCUT2D eigenvalue weighted by molar-refractivity contribution is -0.384. The van der Waals surface area contributed by atoms with E-state index >= 15 is 0 Å². The number of hydrogen-bond donors (Lipinski definition) is 1. The number of nitro benzene ring substituents is 1. The Hall–Kier alpha value is -2.41. The second kappa shape index (κ2) is 4.46. The maximum atomic E-state index is 10.7. The van der Waals surface area contributed by atoms with Crippen LogP contribution in [0, 0.1) is 10.1 Å². The van der Waals surface area contributed by atoms with Gasteiger partial charge in [0.2, 0.25) is 5.89 Å². The maximum Gasteiger partial charge on any atom is 0.357 e. The molecule has 0 saturated heterocycles. The largest absolute Gasteiger partial charge is 0.476 e. The number of aromatic carboxylic acids is 1. The molecule has 1 N–H and O–H groups in total. The zero-order valence-electron chi connectivity index (χ0n) is 8.66. The Labute approximate surface area is 105 Å². The smallest absolute Gasteiger partial charge is 0.357 e. The Morgan fingerprint density at radius 1 is 1.44 bits per heavy atom. The first kappa shape index (κ1) is 12.1. The van der Waals surface area contributed by atoms with Crippen molar-refractivity contribution in [2.45, 2.75) is 0 Å². The van der Waals surface area contributed by atoms with E-state index in [1.165, 1.54) is 18.2 Å². The molecule has 0 atom stereocenters. The Balaban J connectivity index is 2.49. The number of carbonyl (C=O) groups is 1. The minimum atomic E-state index is -1.25. The highest BCUT2D eigenvalue weighted by Crippen LogP contribution is 2.27. The van der Waals surface area contributed by atoms with Crippen molar-refractivity contribution in [2.24, 2.45) is 0 Å². The van der Waals surface area contributed by atoms with Crippen LogP contribution in [0.3, 0.4) is 0 Å². The normalized spacial score (nSPS) is 10.3. The predicted molar refractivity (Wildman–Crippen MR) is 60.6 cm³/mol. The number of non-ortho nitro benzene ring substituents is 1. The molecule has 0 radical (unpaired) electrons. The van der Waals surface area contributed by atoms with E-state index in [1.54, 1.807) is 0 Å². The van der Waals surface area contributed by atoms with E-state index in [4.69, 9.17) is 21.1 Å². The first-order chi connectivity index (χ1) is 8.47. The highest BCUT2D eigenvalue weighted by molar-refractivity contribution is 6.31. The average molecular weight is 269 g/mol. The molecule has 0 fully saturated rings. The summed E-state index contributed by atoms with van der Waals surface area (Å²) in [6.07, 6.45) is 0.949. The van der Waals surface area contributed by atoms with Crippen LogP contribution >= 0.6 is 11.6 Å². The topological polar surface area (TPSA) is 106 Å². The van der Waals surface area contributed by atoms with Gasteiger partial charge in [0.25, 0.3) is 5.69 Å². The Bertz CT molecular complexity index is 637. The van der Waals surface area contributed by atoms with Gasteiger partial charge in [0.05, 0.1) is 4.92 Å². The molecule has 1 heterocycles. The summed E-state index contributed by atoms with van der Waals surface area (Å²) in [6, 6.07) is 3.77. The van der Waals surface area contributed by atoms with Crippen molar-refractivity contribution in [1.29, 1.82) is 0 Å². The van der Waals surface area contributed by atoms with Crippen molar-refractivity contribution in [3.05, 3.63) is 45.3 Å². The number of oxazole rings is 1. The lowest BCUT2D eigenvalue weighted by Gasteiger charge is -1.97. The molecular formula is C10H5ClN2O5. The maximum absolute atomic E-state index is 10.7. The number of hydrogen-bond acceptors (Lipinski definition) is 5. The fourth-order valence-electron chi connectivity index (χ4n) is 1.31. The monoisotopic (exact) mass is 268 g/mol. The van der Waals surface area contributed by atoms with E-state index in [9.17, 15) is 14.9 Å². The van der Waals surface area contributed by atoms with Gasteiger partial charge >= 0.3 is 5.97 Å². The van der Waals surface area contributed by atoms with E-state index in [0.717, 1.165) is 6.26 Å². The van der Waals surface area contributed by atoms with E-state index in [2.05, 4.69) is 4.98 Å². The summed E-state index contributed by atoms with van der Waals surface area (Å²) in [5.41, 5.74) is -0.276. The minimum Gasteiger partial charge on any atom is -0.476 e. The van der Waals surface area contributed by atoms with E-state index in [0.29, 0.717) is 0 Å². The van der Waals surface area contributed by atoms with Gasteiger partial charge in [-0.15, -0.1) is 0 Å². The number of carboxylic acid groups (broad SMARTS) is 1. The standard InChI is InChI=1S/C10H5ClN2O5/c11-6-1-5(2-7(3-6)13(16)17)9-12-8(4-18-9)10(14)15/h1-4H,(H,14,15). The Kier molecular flexibility index (Phi) is 2.99. The molecule has 0 spiro atoms. The SMILES string of the molecule is O=C(O)c1coc(-c2cc(Cl)cc([N+](=O)[O-])c2)n1. The summed E-state index contributed by atoms with van der Waals surface area (Å²) in [5.74, 6) is -1.29. The molecule has 0 saturated carbocycles. The van der Waals surface area contributed by atoms with E-state index < -0.39 is 10.9 Å². The van der Waals surface area contributed by atoms with Crippen molar-refractivity contribution in [2.75, 3.05) is 0 Å². The zero-order valence-corrected chi connectivity index (χ0v) is 9.42. The van der Waals surface area contributed by atoms with Crippen LogP contribution in [0.5, 0.6) is 0 Å². The lowest BCUT2D eigenvalue weighted by Crippen LogP contribution is -1.95. The number of nitro groups is 1. The van der Waals surface area contributed by atoms with Gasteiger partial charge < -0.3 is 9.52 Å². The van der Waals surface area contributed by atoms with Crippen LogP contribution in [-0.2, 0) is 0 Å². The van der Waals surface area contributed by atoms with E-state index in [-0.39, 0.29) is 27.9 Å². The van der Waals surface area contributed by atoms with Gasteiger partial charge in [-0.1, -0.05) is 11.6 Å². The summed E-state index contributed by atoms with van der Waals surface area (Å²) >= 11 is 5.72. The molecule has 0 unspecified atom stereocenters. The molecule has 0 aliphatic rings. The zero-order chi connectivity index (χ0) is 13.3. The van der Waals surface area contributed by atoms with Crippen molar-refractivity contribution >= 4 is 23.3 Å². The summed E-state index contributed by atoms with van der Waals surface area (Å²) in [4.78, 5) is 24.3. The van der Waals surface area contributed by atoms with Crippen molar-refractivity contribution in [3.63, 3.8) is 0 Å². The number of aromatic nitrogens is 1. The average Bonchev–Trinajstić information content (AvgIpc) is 2.77. The third-order valence-electron chi connectivity index (χ3n) is 2.06. The van der Waals surface area contributed by atoms with Crippen molar-refractivity contribution in [3.8, 4) is 11.5 Å². The first-order valence-electron chi connectivity index (χ1n) is 4.61. The molecule has 7 nitrogen and oxygen atoms in total. The molecule has 8 heteroatoms. The fraction of sp³-hybridized carbons (Fsp3) is 0. The van der Waals surface area contributed by atoms with Crippen LogP contribution in [0.2, 0.25) is 5.02 Å². The van der Waals surface area contributed by atoms with Crippen LogP contribution in [0.4, 0.5) is 5.69 Å². The third-order valence-corrected chi connectivity index (χ3v) is 2.28. The molecule has 1 aromatic heterocycles. The summed E-state index contributed by atoms with van der Waals surface area (Å²) < 4.78 is 4.93. The van der Waals surface area contributed by atoms with Gasteiger partial charge in [-0.25, -0.2) is 9.78 Å². The lowest BCUT2D eigenvalue weighted by atomic mass is 10.2. The molecule has 0 aliphatic carbocycles. The van der Waals surface area contributed by atoms with Gasteiger partial charge in [0.1, 0.15) is 6.26 Å². The Morgan fingerprint density at radius 2 is 2.17 bits per heavy atom. The summed E-state index contributed by atoms with van der Waals surface area (Å²) in [7, 11) is 0. The summed E-state index contributed by atoms with van der Waals surface area (Å²) in [6.45, 7) is 0. The van der Waals surface area contributed by atoms with Crippen LogP contribution in [0.25, 0.3) is 11.5 Å². The second-order valence-electron chi connectivity index (χ2n) is 3.30. The van der Waals surface area contributed by atoms with Gasteiger partial charge in [-0.3, -0.25) is 10.1 Å². The van der Waals surface area contributed by atoms with Gasteiger partial charge in [0, 0.05) is 22.7 Å². The van der Waals surface area contributed by atoms with Crippen molar-refractivity contribution < 1.29 is 19.2 Å². The number of halogens is 1. The van der Waals surface area contributed by atoms with Crippen molar-refractivity contribution in [1.82, 2.24) is 4.98 Å². The second-order valence-corrected chi connectivity index (χ2v) is 3.73. The van der Waals surface area contributed by atoms with Crippen LogP contribution in [0.1, 0.15) is 10.5 Å². The molecule has 1 aromatic carbocycles. The molecule has 2 rings (SSSR count). The minimum absolute atomic E-state index is 0.0435. The third kappa shape index (κ3) is 2.30. The first-order valence-corrected chi connectivity index (χ1v) is 4.99. The van der Waals surface area contributed by atoms with E-state index in [1.807, 2.05) is 0 Å². The molecular weight excluding hydrogens is 264 g/mol. The molecule has 0 aliphatic heterocycles. The molecule has 0 amide bonds.